The zero-order valence-electron chi connectivity index (χ0n) is 10.0. The predicted octanol–water partition coefficient (Wildman–Crippen LogP) is 2.62. The maximum Gasteiger partial charge on any atom is 0.321 e. The van der Waals surface area contributed by atoms with Gasteiger partial charge in [0.15, 0.2) is 0 Å². The average Bonchev–Trinajstić information content (AvgIpc) is 2.32. The number of halogens is 1. The highest BCUT2D eigenvalue weighted by molar-refractivity contribution is 14.1. The van der Waals surface area contributed by atoms with E-state index in [1.54, 1.807) is 0 Å². The van der Waals surface area contributed by atoms with Gasteiger partial charge in [-0.2, -0.15) is 0 Å². The summed E-state index contributed by atoms with van der Waals surface area (Å²) in [5, 5.41) is 11.4. The molecule has 1 aromatic rings. The Labute approximate surface area is 119 Å². The lowest BCUT2D eigenvalue weighted by Crippen LogP contribution is -2.36. The maximum absolute atomic E-state index is 11.9. The lowest BCUT2D eigenvalue weighted by Gasteiger charge is -2.20. The summed E-state index contributed by atoms with van der Waals surface area (Å²) in [7, 11) is 0. The molecule has 2 amide bonds. The summed E-state index contributed by atoms with van der Waals surface area (Å²) in [5.41, 5.74) is 0.733. The van der Waals surface area contributed by atoms with Gasteiger partial charge in [-0.05, 0) is 41.6 Å². The van der Waals surface area contributed by atoms with Gasteiger partial charge in [0.05, 0.1) is 12.1 Å². The molecule has 0 spiro atoms. The van der Waals surface area contributed by atoms with Gasteiger partial charge in [0.25, 0.3) is 0 Å². The van der Waals surface area contributed by atoms with Crippen molar-refractivity contribution >= 4 is 40.3 Å². The van der Waals surface area contributed by atoms with E-state index in [0.717, 1.165) is 9.26 Å². The fourth-order valence-corrected chi connectivity index (χ4v) is 1.91. The zero-order chi connectivity index (χ0) is 13.5. The fourth-order valence-electron chi connectivity index (χ4n) is 1.39. The normalized spacial score (nSPS) is 9.89. The Morgan fingerprint density at radius 3 is 2.61 bits per heavy atom. The predicted molar refractivity (Wildman–Crippen MR) is 77.7 cm³/mol. The minimum Gasteiger partial charge on any atom is -0.481 e. The molecule has 0 bridgehead atoms. The molecule has 0 unspecified atom stereocenters. The molecule has 18 heavy (non-hydrogen) atoms. The third-order valence-corrected chi connectivity index (χ3v) is 3.32. The largest absolute Gasteiger partial charge is 0.481 e. The molecule has 0 saturated carbocycles. The van der Waals surface area contributed by atoms with Gasteiger partial charge in [-0.3, -0.25) is 4.79 Å². The third-order valence-electron chi connectivity index (χ3n) is 2.38. The molecule has 0 saturated heterocycles. The SMILES string of the molecule is CCN(CCC(=O)O)C(=O)Nc1ccccc1I. The number of aliphatic carboxylic acids is 1. The first-order valence-electron chi connectivity index (χ1n) is 5.56. The van der Waals surface area contributed by atoms with Crippen LogP contribution in [0.5, 0.6) is 0 Å². The van der Waals surface area contributed by atoms with E-state index in [1.165, 1.54) is 4.90 Å². The van der Waals surface area contributed by atoms with E-state index in [0.29, 0.717) is 6.54 Å². The Hall–Kier alpha value is -1.31. The van der Waals surface area contributed by atoms with E-state index in [2.05, 4.69) is 27.9 Å². The Morgan fingerprint density at radius 1 is 1.39 bits per heavy atom. The lowest BCUT2D eigenvalue weighted by molar-refractivity contribution is -0.137. The Kier molecular flexibility index (Phi) is 5.90. The van der Waals surface area contributed by atoms with E-state index in [9.17, 15) is 9.59 Å². The molecule has 1 aromatic carbocycles. The van der Waals surface area contributed by atoms with Crippen molar-refractivity contribution in [2.24, 2.45) is 0 Å². The number of carbonyl (C=O) groups is 2. The smallest absolute Gasteiger partial charge is 0.321 e. The van der Waals surface area contributed by atoms with Gasteiger partial charge in [0.2, 0.25) is 0 Å². The van der Waals surface area contributed by atoms with Gasteiger partial charge in [0, 0.05) is 16.7 Å². The summed E-state index contributed by atoms with van der Waals surface area (Å²) in [6.45, 7) is 2.50. The number of urea groups is 1. The van der Waals surface area contributed by atoms with Crippen molar-refractivity contribution in [3.8, 4) is 0 Å². The second kappa shape index (κ2) is 7.20. The van der Waals surface area contributed by atoms with Crippen molar-refractivity contribution in [1.82, 2.24) is 4.90 Å². The lowest BCUT2D eigenvalue weighted by atomic mass is 10.3. The number of carbonyl (C=O) groups excluding carboxylic acids is 1. The fraction of sp³-hybridized carbons (Fsp3) is 0.333. The van der Waals surface area contributed by atoms with Crippen molar-refractivity contribution < 1.29 is 14.7 Å². The van der Waals surface area contributed by atoms with Crippen molar-refractivity contribution in [2.45, 2.75) is 13.3 Å². The number of benzene rings is 1. The molecular weight excluding hydrogens is 347 g/mol. The molecule has 0 heterocycles. The molecule has 0 atom stereocenters. The molecule has 0 aromatic heterocycles. The number of carboxylic acid groups (broad SMARTS) is 1. The average molecular weight is 362 g/mol. The van der Waals surface area contributed by atoms with Crippen LogP contribution < -0.4 is 5.32 Å². The molecule has 0 radical (unpaired) electrons. The van der Waals surface area contributed by atoms with Crippen LogP contribution in [-0.2, 0) is 4.79 Å². The highest BCUT2D eigenvalue weighted by Crippen LogP contribution is 2.17. The molecule has 5 nitrogen and oxygen atoms in total. The highest BCUT2D eigenvalue weighted by atomic mass is 127. The van der Waals surface area contributed by atoms with E-state index in [1.807, 2.05) is 31.2 Å². The molecule has 0 fully saturated rings. The van der Waals surface area contributed by atoms with Crippen LogP contribution in [0.15, 0.2) is 24.3 Å². The number of hydrogen-bond donors (Lipinski definition) is 2. The monoisotopic (exact) mass is 362 g/mol. The van der Waals surface area contributed by atoms with Crippen LogP contribution in [0.25, 0.3) is 0 Å². The minimum atomic E-state index is -0.907. The molecule has 0 aliphatic carbocycles. The molecule has 0 aliphatic rings. The van der Waals surface area contributed by atoms with Gasteiger partial charge in [-0.15, -0.1) is 0 Å². The number of carboxylic acids is 1. The van der Waals surface area contributed by atoms with E-state index in [4.69, 9.17) is 5.11 Å². The molecule has 98 valence electrons. The van der Waals surface area contributed by atoms with Crippen molar-refractivity contribution in [1.29, 1.82) is 0 Å². The summed E-state index contributed by atoms with van der Waals surface area (Å²) in [5.74, 6) is -0.907. The van der Waals surface area contributed by atoms with Gasteiger partial charge in [-0.25, -0.2) is 4.79 Å². The summed E-state index contributed by atoms with van der Waals surface area (Å²) in [4.78, 5) is 23.9. The number of amides is 2. The van der Waals surface area contributed by atoms with Crippen LogP contribution in [0.3, 0.4) is 0 Å². The molecule has 2 N–H and O–H groups in total. The van der Waals surface area contributed by atoms with Crippen LogP contribution in [0.1, 0.15) is 13.3 Å². The number of nitrogens with zero attached hydrogens (tertiary/aromatic N) is 1. The van der Waals surface area contributed by atoms with Crippen molar-refractivity contribution in [2.75, 3.05) is 18.4 Å². The van der Waals surface area contributed by atoms with Crippen LogP contribution >= 0.6 is 22.6 Å². The van der Waals surface area contributed by atoms with Crippen LogP contribution in [0.2, 0.25) is 0 Å². The summed E-state index contributed by atoms with van der Waals surface area (Å²) < 4.78 is 0.942. The van der Waals surface area contributed by atoms with Crippen LogP contribution in [-0.4, -0.2) is 35.1 Å². The molecule has 0 aliphatic heterocycles. The van der Waals surface area contributed by atoms with Crippen LogP contribution in [0.4, 0.5) is 10.5 Å². The zero-order valence-corrected chi connectivity index (χ0v) is 12.2. The van der Waals surface area contributed by atoms with Crippen molar-refractivity contribution in [3.05, 3.63) is 27.8 Å². The Bertz CT molecular complexity index is 437. The summed E-state index contributed by atoms with van der Waals surface area (Å²) in [6.07, 6.45) is -0.0485. The standard InChI is InChI=1S/C12H15IN2O3/c1-2-15(8-7-11(16)17)12(18)14-10-6-4-3-5-9(10)13/h3-6H,2,7-8H2,1H3,(H,14,18)(H,16,17). The Balaban J connectivity index is 2.62. The molecule has 6 heteroatoms. The second-order valence-electron chi connectivity index (χ2n) is 3.63. The summed E-state index contributed by atoms with van der Waals surface area (Å²) in [6, 6.07) is 7.15. The van der Waals surface area contributed by atoms with Gasteiger partial charge in [-0.1, -0.05) is 12.1 Å². The first kappa shape index (κ1) is 14.7. The number of para-hydroxylation sites is 1. The number of nitrogens with one attached hydrogen (secondary N) is 1. The number of hydrogen-bond acceptors (Lipinski definition) is 2. The highest BCUT2D eigenvalue weighted by Gasteiger charge is 2.13. The van der Waals surface area contributed by atoms with E-state index >= 15 is 0 Å². The van der Waals surface area contributed by atoms with Crippen molar-refractivity contribution in [3.63, 3.8) is 0 Å². The molecular formula is C12H15IN2O3. The van der Waals surface area contributed by atoms with Crippen LogP contribution in [0, 0.1) is 3.57 Å². The quantitative estimate of drug-likeness (QED) is 0.792. The Morgan fingerprint density at radius 2 is 2.06 bits per heavy atom. The second-order valence-corrected chi connectivity index (χ2v) is 4.80. The number of anilines is 1. The topological polar surface area (TPSA) is 69.6 Å². The maximum atomic E-state index is 11.9. The van der Waals surface area contributed by atoms with Gasteiger partial charge >= 0.3 is 12.0 Å². The van der Waals surface area contributed by atoms with Gasteiger partial charge < -0.3 is 15.3 Å². The summed E-state index contributed by atoms with van der Waals surface area (Å²) >= 11 is 2.13. The minimum absolute atomic E-state index is 0.0485. The first-order chi connectivity index (χ1) is 8.54. The van der Waals surface area contributed by atoms with Gasteiger partial charge in [0.1, 0.15) is 0 Å². The van der Waals surface area contributed by atoms with E-state index in [-0.39, 0.29) is 19.0 Å². The molecule has 1 rings (SSSR count). The number of rotatable bonds is 5. The third kappa shape index (κ3) is 4.52. The first-order valence-corrected chi connectivity index (χ1v) is 6.64. The van der Waals surface area contributed by atoms with E-state index < -0.39 is 5.97 Å².